The van der Waals surface area contributed by atoms with Crippen molar-refractivity contribution in [3.8, 4) is 5.75 Å². The molecule has 2 heterocycles. The van der Waals surface area contributed by atoms with Gasteiger partial charge in [-0.05, 0) is 12.6 Å². The van der Waals surface area contributed by atoms with Crippen molar-refractivity contribution >= 4 is 5.78 Å². The van der Waals surface area contributed by atoms with E-state index in [-0.39, 0.29) is 5.78 Å². The van der Waals surface area contributed by atoms with Gasteiger partial charge in [0.25, 0.3) is 0 Å². The lowest BCUT2D eigenvalue weighted by Gasteiger charge is -2.31. The molecule has 0 N–H and O–H groups in total. The van der Waals surface area contributed by atoms with Gasteiger partial charge in [-0.1, -0.05) is 6.92 Å². The first kappa shape index (κ1) is 13.0. The van der Waals surface area contributed by atoms with Gasteiger partial charge < -0.3 is 9.47 Å². The van der Waals surface area contributed by atoms with Crippen LogP contribution >= 0.6 is 0 Å². The lowest BCUT2D eigenvalue weighted by atomic mass is 10.1. The topological polar surface area (TPSA) is 51.7 Å². The maximum atomic E-state index is 12.3. The largest absolute Gasteiger partial charge is 0.495 e. The maximum absolute atomic E-state index is 12.3. The van der Waals surface area contributed by atoms with Gasteiger partial charge >= 0.3 is 0 Å². The molecular weight excluding hydrogens is 232 g/mol. The van der Waals surface area contributed by atoms with Crippen molar-refractivity contribution in [1.29, 1.82) is 0 Å². The number of likely N-dealkylation sites (N-methyl/N-ethyl adjacent to an activating group) is 1. The predicted octanol–water partition coefficient (Wildman–Crippen LogP) is 0.994. The number of carbonyl (C=O) groups is 1. The molecular formula is C13H18N2O3. The Morgan fingerprint density at radius 1 is 1.61 bits per heavy atom. The molecule has 5 heteroatoms. The number of morpholine rings is 1. The van der Waals surface area contributed by atoms with Crippen LogP contribution in [0.1, 0.15) is 17.3 Å². The van der Waals surface area contributed by atoms with Crippen molar-refractivity contribution in [1.82, 2.24) is 9.88 Å². The average Bonchev–Trinajstić information content (AvgIpc) is 2.46. The number of pyridine rings is 1. The second-order valence-corrected chi connectivity index (χ2v) is 4.23. The maximum Gasteiger partial charge on any atom is 0.194 e. The van der Waals surface area contributed by atoms with Crippen molar-refractivity contribution in [2.45, 2.75) is 13.0 Å². The molecule has 1 fully saturated rings. The summed E-state index contributed by atoms with van der Waals surface area (Å²) in [5.41, 5.74) is 0.539. The lowest BCUT2D eigenvalue weighted by molar-refractivity contribution is -0.0148. The first-order valence-electron chi connectivity index (χ1n) is 6.11. The molecule has 1 aliphatic heterocycles. The van der Waals surface area contributed by atoms with E-state index in [0.717, 1.165) is 13.1 Å². The number of methoxy groups -OCH3 is 1. The minimum atomic E-state index is -0.396. The van der Waals surface area contributed by atoms with Crippen LogP contribution in [0.5, 0.6) is 5.75 Å². The Kier molecular flexibility index (Phi) is 4.28. The van der Waals surface area contributed by atoms with Gasteiger partial charge in [-0.15, -0.1) is 0 Å². The zero-order valence-corrected chi connectivity index (χ0v) is 10.8. The molecule has 18 heavy (non-hydrogen) atoms. The molecule has 1 atom stereocenters. The van der Waals surface area contributed by atoms with Gasteiger partial charge in [0.2, 0.25) is 0 Å². The van der Waals surface area contributed by atoms with Crippen molar-refractivity contribution in [3.63, 3.8) is 0 Å². The van der Waals surface area contributed by atoms with Gasteiger partial charge in [0.1, 0.15) is 11.9 Å². The summed E-state index contributed by atoms with van der Waals surface area (Å²) in [5.74, 6) is 0.559. The van der Waals surface area contributed by atoms with E-state index in [9.17, 15) is 4.79 Å². The van der Waals surface area contributed by atoms with Gasteiger partial charge in [0.15, 0.2) is 5.78 Å². The fourth-order valence-electron chi connectivity index (χ4n) is 2.00. The third-order valence-electron chi connectivity index (χ3n) is 3.12. The number of ketones is 1. The van der Waals surface area contributed by atoms with E-state index in [2.05, 4.69) is 16.8 Å². The molecule has 1 aromatic heterocycles. The van der Waals surface area contributed by atoms with Gasteiger partial charge in [-0.3, -0.25) is 14.7 Å². The molecule has 0 aliphatic carbocycles. The number of aromatic nitrogens is 1. The minimum absolute atomic E-state index is 0.0282. The van der Waals surface area contributed by atoms with Crippen molar-refractivity contribution in [2.24, 2.45) is 0 Å². The highest BCUT2D eigenvalue weighted by Crippen LogP contribution is 2.15. The SMILES string of the molecule is CCN1CCOC(C(=O)c2cncc(OC)c2)C1. The summed E-state index contributed by atoms with van der Waals surface area (Å²) in [7, 11) is 1.56. The average molecular weight is 250 g/mol. The van der Waals surface area contributed by atoms with Crippen LogP contribution in [0.3, 0.4) is 0 Å². The Bertz CT molecular complexity index is 422. The summed E-state index contributed by atoms with van der Waals surface area (Å²) < 4.78 is 10.6. The first-order valence-corrected chi connectivity index (χ1v) is 6.11. The van der Waals surface area contributed by atoms with Crippen molar-refractivity contribution in [2.75, 3.05) is 33.4 Å². The Balaban J connectivity index is 2.10. The minimum Gasteiger partial charge on any atom is -0.495 e. The molecule has 1 aliphatic rings. The monoisotopic (exact) mass is 250 g/mol. The highest BCUT2D eigenvalue weighted by Gasteiger charge is 2.27. The number of Topliss-reactive ketones (excluding diaryl/α,β-unsaturated/α-hetero) is 1. The number of carbonyl (C=O) groups excluding carboxylic acids is 1. The molecule has 0 radical (unpaired) electrons. The Hall–Kier alpha value is -1.46. The van der Waals surface area contributed by atoms with Crippen LogP contribution < -0.4 is 4.74 Å². The molecule has 0 saturated carbocycles. The van der Waals surface area contributed by atoms with Gasteiger partial charge in [0.05, 0.1) is 19.9 Å². The van der Waals surface area contributed by atoms with Crippen LogP contribution in [0, 0.1) is 0 Å². The molecule has 0 spiro atoms. The van der Waals surface area contributed by atoms with E-state index < -0.39 is 6.10 Å². The Labute approximate surface area is 107 Å². The van der Waals surface area contributed by atoms with Crippen molar-refractivity contribution in [3.05, 3.63) is 24.0 Å². The number of rotatable bonds is 4. The quantitative estimate of drug-likeness (QED) is 0.746. The molecule has 1 saturated heterocycles. The molecule has 0 bridgehead atoms. The highest BCUT2D eigenvalue weighted by atomic mass is 16.5. The summed E-state index contributed by atoms with van der Waals surface area (Å²) in [5, 5.41) is 0. The standard InChI is InChI=1S/C13H18N2O3/c1-3-15-4-5-18-12(9-15)13(16)10-6-11(17-2)8-14-7-10/h6-8,12H,3-5,9H2,1-2H3. The number of nitrogens with zero attached hydrogens (tertiary/aromatic N) is 2. The summed E-state index contributed by atoms with van der Waals surface area (Å²) >= 11 is 0. The fraction of sp³-hybridized carbons (Fsp3) is 0.538. The van der Waals surface area contributed by atoms with E-state index in [0.29, 0.717) is 24.5 Å². The normalized spacial score (nSPS) is 20.7. The second kappa shape index (κ2) is 5.93. The highest BCUT2D eigenvalue weighted by molar-refractivity contribution is 5.99. The van der Waals surface area contributed by atoms with Crippen LogP contribution in [0.2, 0.25) is 0 Å². The third kappa shape index (κ3) is 2.86. The van der Waals surface area contributed by atoms with E-state index in [1.165, 1.54) is 0 Å². The second-order valence-electron chi connectivity index (χ2n) is 4.23. The van der Waals surface area contributed by atoms with Crippen LogP contribution in [-0.2, 0) is 4.74 Å². The van der Waals surface area contributed by atoms with Gasteiger partial charge in [0, 0.05) is 24.8 Å². The molecule has 5 nitrogen and oxygen atoms in total. The number of hydrogen-bond donors (Lipinski definition) is 0. The molecule has 0 amide bonds. The summed E-state index contributed by atoms with van der Waals surface area (Å²) in [6.07, 6.45) is 2.74. The number of hydrogen-bond acceptors (Lipinski definition) is 5. The first-order chi connectivity index (χ1) is 8.74. The van der Waals surface area contributed by atoms with E-state index in [4.69, 9.17) is 9.47 Å². The smallest absolute Gasteiger partial charge is 0.194 e. The number of ether oxygens (including phenoxy) is 2. The molecule has 98 valence electrons. The third-order valence-corrected chi connectivity index (χ3v) is 3.12. The van der Waals surface area contributed by atoms with Gasteiger partial charge in [-0.25, -0.2) is 0 Å². The van der Waals surface area contributed by atoms with Crippen LogP contribution in [0.25, 0.3) is 0 Å². The molecule has 2 rings (SSSR count). The summed E-state index contributed by atoms with van der Waals surface area (Å²) in [6, 6.07) is 1.70. The predicted molar refractivity (Wildman–Crippen MR) is 67.0 cm³/mol. The molecule has 1 aromatic rings. The van der Waals surface area contributed by atoms with Crippen molar-refractivity contribution < 1.29 is 14.3 Å². The Morgan fingerprint density at radius 2 is 2.44 bits per heavy atom. The van der Waals surface area contributed by atoms with Crippen LogP contribution in [-0.4, -0.2) is 55.1 Å². The zero-order chi connectivity index (χ0) is 13.0. The van der Waals surface area contributed by atoms with Crippen LogP contribution in [0.15, 0.2) is 18.5 Å². The molecule has 1 unspecified atom stereocenters. The van der Waals surface area contributed by atoms with E-state index in [1.807, 2.05) is 0 Å². The fourth-order valence-corrected chi connectivity index (χ4v) is 2.00. The van der Waals surface area contributed by atoms with E-state index in [1.54, 1.807) is 25.6 Å². The van der Waals surface area contributed by atoms with Crippen LogP contribution in [0.4, 0.5) is 0 Å². The summed E-state index contributed by atoms with van der Waals surface area (Å²) in [4.78, 5) is 18.5. The zero-order valence-electron chi connectivity index (χ0n) is 10.8. The summed E-state index contributed by atoms with van der Waals surface area (Å²) in [6.45, 7) is 5.15. The van der Waals surface area contributed by atoms with E-state index >= 15 is 0 Å². The lowest BCUT2D eigenvalue weighted by Crippen LogP contribution is -2.45. The van der Waals surface area contributed by atoms with Gasteiger partial charge in [-0.2, -0.15) is 0 Å². The molecule has 0 aromatic carbocycles. The Morgan fingerprint density at radius 3 is 3.17 bits per heavy atom.